The first-order valence-electron chi connectivity index (χ1n) is 10.1. The Morgan fingerprint density at radius 1 is 0.935 bits per heavy atom. The number of nitrogens with one attached hydrogen (secondary N) is 1. The highest BCUT2D eigenvalue weighted by Gasteiger charge is 2.22. The van der Waals surface area contributed by atoms with Gasteiger partial charge in [0.05, 0.1) is 0 Å². The summed E-state index contributed by atoms with van der Waals surface area (Å²) >= 11 is 5.70. The van der Waals surface area contributed by atoms with Crippen LogP contribution in [-0.4, -0.2) is 4.99 Å². The van der Waals surface area contributed by atoms with Crippen LogP contribution < -0.4 is 15.0 Å². The molecule has 0 amide bonds. The van der Waals surface area contributed by atoms with Gasteiger partial charge in [-0.2, -0.15) is 4.57 Å². The van der Waals surface area contributed by atoms with Gasteiger partial charge >= 0.3 is 0 Å². The Kier molecular flexibility index (Phi) is 6.56. The summed E-state index contributed by atoms with van der Waals surface area (Å²) < 4.78 is 15.1. The molecule has 0 aliphatic carbocycles. The number of hydrogen-bond acceptors (Lipinski definition) is 2. The monoisotopic (exact) mass is 434 g/mol. The van der Waals surface area contributed by atoms with E-state index in [9.17, 15) is 9.50 Å². The second-order valence-electron chi connectivity index (χ2n) is 8.65. The van der Waals surface area contributed by atoms with Crippen molar-refractivity contribution in [2.75, 3.05) is 5.32 Å². The zero-order valence-corrected chi connectivity index (χ0v) is 19.3. The molecule has 160 valence electrons. The Labute approximate surface area is 188 Å². The maximum atomic E-state index is 13.4. The minimum atomic E-state index is -0.392. The highest BCUT2D eigenvalue weighted by molar-refractivity contribution is 7.81. The highest BCUT2D eigenvalue weighted by atomic mass is 32.1. The average Bonchev–Trinajstić information content (AvgIpc) is 2.71. The van der Waals surface area contributed by atoms with E-state index in [0.29, 0.717) is 16.2 Å². The van der Waals surface area contributed by atoms with Crippen molar-refractivity contribution in [3.63, 3.8) is 0 Å². The minimum absolute atomic E-state index is 0.0166. The summed E-state index contributed by atoms with van der Waals surface area (Å²) in [7, 11) is 0. The molecule has 1 heterocycles. The number of pyridine rings is 1. The molecule has 0 saturated heterocycles. The lowest BCUT2D eigenvalue weighted by Gasteiger charge is -2.20. The molecule has 0 unspecified atom stereocenters. The fourth-order valence-electron chi connectivity index (χ4n) is 3.34. The molecule has 3 rings (SSSR count). The van der Waals surface area contributed by atoms with Crippen LogP contribution in [0.1, 0.15) is 43.0 Å². The molecule has 31 heavy (non-hydrogen) atoms. The summed E-state index contributed by atoms with van der Waals surface area (Å²) in [5.41, 5.74) is 4.75. The SMILES string of the molecule is Cc1cccc(C)c1NC(=S)/C(=C(\[O-])c1ccc(F)cc1)[n+]1ccc(C(C)(C)C)cc1. The predicted octanol–water partition coefficient (Wildman–Crippen LogP) is 5.15. The molecular weight excluding hydrogens is 407 g/mol. The number of hydrogen-bond donors (Lipinski definition) is 1. The van der Waals surface area contributed by atoms with E-state index in [2.05, 4.69) is 26.1 Å². The van der Waals surface area contributed by atoms with Crippen LogP contribution in [0, 0.1) is 19.7 Å². The van der Waals surface area contributed by atoms with E-state index >= 15 is 0 Å². The van der Waals surface area contributed by atoms with Gasteiger partial charge in [-0.3, -0.25) is 0 Å². The molecule has 0 aliphatic heterocycles. The largest absolute Gasteiger partial charge is 0.867 e. The van der Waals surface area contributed by atoms with Crippen molar-refractivity contribution in [3.05, 3.63) is 95.1 Å². The quantitative estimate of drug-likeness (QED) is 0.267. The van der Waals surface area contributed by atoms with Crippen LogP contribution >= 0.6 is 12.2 Å². The third-order valence-corrected chi connectivity index (χ3v) is 5.51. The minimum Gasteiger partial charge on any atom is -0.867 e. The number of halogens is 1. The van der Waals surface area contributed by atoms with E-state index in [4.69, 9.17) is 12.2 Å². The van der Waals surface area contributed by atoms with Crippen molar-refractivity contribution in [1.82, 2.24) is 0 Å². The molecule has 0 fully saturated rings. The number of rotatable bonds is 4. The number of para-hydroxylation sites is 1. The van der Waals surface area contributed by atoms with Crippen LogP contribution in [0.5, 0.6) is 0 Å². The van der Waals surface area contributed by atoms with Gasteiger partial charge in [-0.15, -0.1) is 0 Å². The molecule has 1 aromatic heterocycles. The molecule has 0 spiro atoms. The van der Waals surface area contributed by atoms with Crippen LogP contribution in [-0.2, 0) is 5.41 Å². The Balaban J connectivity index is 2.11. The highest BCUT2D eigenvalue weighted by Crippen LogP contribution is 2.24. The molecular formula is C26H27FN2OS. The maximum Gasteiger partial charge on any atom is 0.238 e. The van der Waals surface area contributed by atoms with Crippen LogP contribution in [0.15, 0.2) is 67.0 Å². The van der Waals surface area contributed by atoms with E-state index in [-0.39, 0.29) is 11.2 Å². The summed E-state index contributed by atoms with van der Waals surface area (Å²) in [5, 5.41) is 16.7. The lowest BCUT2D eigenvalue weighted by molar-refractivity contribution is -0.577. The Morgan fingerprint density at radius 3 is 2.00 bits per heavy atom. The first kappa shape index (κ1) is 22.6. The zero-order chi connectivity index (χ0) is 22.8. The van der Waals surface area contributed by atoms with Gasteiger partial charge in [0.2, 0.25) is 5.70 Å². The molecule has 1 N–H and O–H groups in total. The van der Waals surface area contributed by atoms with Gasteiger partial charge in [-0.1, -0.05) is 63.3 Å². The molecule has 0 aliphatic rings. The first-order chi connectivity index (χ1) is 14.6. The second-order valence-corrected chi connectivity index (χ2v) is 9.06. The topological polar surface area (TPSA) is 39.0 Å². The fraction of sp³-hybridized carbons (Fsp3) is 0.231. The van der Waals surface area contributed by atoms with Gasteiger partial charge in [0.1, 0.15) is 5.82 Å². The van der Waals surface area contributed by atoms with E-state index in [1.165, 1.54) is 24.3 Å². The lowest BCUT2D eigenvalue weighted by Crippen LogP contribution is -2.40. The van der Waals surface area contributed by atoms with Crippen LogP contribution in [0.25, 0.3) is 11.5 Å². The standard InChI is InChI=1S/C26H27FN2OS/c1-17-7-6-8-18(2)22(17)28-25(31)23(24(30)19-9-11-21(27)12-10-19)29-15-13-20(14-16-29)26(3,4)5/h6-16H,1-5H3,(H-,28,30,31). The molecule has 0 atom stereocenters. The van der Waals surface area contributed by atoms with Gasteiger partial charge < -0.3 is 10.4 Å². The number of benzene rings is 2. The van der Waals surface area contributed by atoms with Gasteiger partial charge in [0.15, 0.2) is 17.4 Å². The smallest absolute Gasteiger partial charge is 0.238 e. The number of thiocarbonyl (C=S) groups is 1. The predicted molar refractivity (Wildman–Crippen MR) is 127 cm³/mol. The lowest BCUT2D eigenvalue weighted by atomic mass is 9.88. The number of aryl methyl sites for hydroxylation is 2. The summed E-state index contributed by atoms with van der Waals surface area (Å²) in [4.78, 5) is 0.306. The zero-order valence-electron chi connectivity index (χ0n) is 18.5. The Hall–Kier alpha value is -3.05. The van der Waals surface area contributed by atoms with Crippen LogP contribution in [0.2, 0.25) is 0 Å². The molecule has 3 aromatic rings. The normalized spacial score (nSPS) is 12.3. The summed E-state index contributed by atoms with van der Waals surface area (Å²) in [6.07, 6.45) is 3.69. The number of aromatic nitrogens is 1. The fourth-order valence-corrected chi connectivity index (χ4v) is 3.64. The third kappa shape index (κ3) is 5.17. The van der Waals surface area contributed by atoms with E-state index in [1.807, 2.05) is 56.6 Å². The Morgan fingerprint density at radius 2 is 1.48 bits per heavy atom. The summed E-state index contributed by atoms with van der Waals surface area (Å²) in [6.45, 7) is 10.4. The summed E-state index contributed by atoms with van der Waals surface area (Å²) in [6, 6.07) is 15.4. The molecule has 0 radical (unpaired) electrons. The second kappa shape index (κ2) is 8.98. The molecule has 5 heteroatoms. The first-order valence-corrected chi connectivity index (χ1v) is 10.6. The number of nitrogens with zero attached hydrogens (tertiary/aromatic N) is 1. The Bertz CT molecular complexity index is 1110. The van der Waals surface area contributed by atoms with Gasteiger partial charge in [-0.05, 0) is 59.4 Å². The van der Waals surface area contributed by atoms with Gasteiger partial charge in [0.25, 0.3) is 0 Å². The van der Waals surface area contributed by atoms with E-state index in [1.54, 1.807) is 4.57 Å². The van der Waals surface area contributed by atoms with Crippen molar-refractivity contribution >= 4 is 34.3 Å². The molecule has 0 saturated carbocycles. The van der Waals surface area contributed by atoms with Crippen LogP contribution in [0.4, 0.5) is 10.1 Å². The van der Waals surface area contributed by atoms with Crippen molar-refractivity contribution in [3.8, 4) is 0 Å². The van der Waals surface area contributed by atoms with E-state index in [0.717, 1.165) is 22.4 Å². The number of anilines is 1. The van der Waals surface area contributed by atoms with Crippen molar-refractivity contribution < 1.29 is 14.1 Å². The van der Waals surface area contributed by atoms with Gasteiger partial charge in [-0.25, -0.2) is 4.39 Å². The maximum absolute atomic E-state index is 13.4. The molecule has 3 nitrogen and oxygen atoms in total. The van der Waals surface area contributed by atoms with Crippen LogP contribution in [0.3, 0.4) is 0 Å². The van der Waals surface area contributed by atoms with Crippen molar-refractivity contribution in [2.24, 2.45) is 0 Å². The van der Waals surface area contributed by atoms with Gasteiger partial charge in [0, 0.05) is 17.8 Å². The third-order valence-electron chi connectivity index (χ3n) is 5.21. The average molecular weight is 435 g/mol. The van der Waals surface area contributed by atoms with E-state index < -0.39 is 5.82 Å². The molecule has 0 bridgehead atoms. The van der Waals surface area contributed by atoms with Crippen molar-refractivity contribution in [1.29, 1.82) is 0 Å². The summed E-state index contributed by atoms with van der Waals surface area (Å²) in [5.74, 6) is -0.672. The molecule has 2 aromatic carbocycles. The van der Waals surface area contributed by atoms with Crippen molar-refractivity contribution in [2.45, 2.75) is 40.0 Å².